The number of rotatable bonds is 4. The number of aryl methyl sites for hydroxylation is 1. The van der Waals surface area contributed by atoms with Crippen molar-refractivity contribution >= 4 is 17.3 Å². The third-order valence-corrected chi connectivity index (χ3v) is 3.65. The molecule has 1 aromatic carbocycles. The first-order chi connectivity index (χ1) is 8.29. The lowest BCUT2D eigenvalue weighted by Gasteiger charge is -2.36. The summed E-state index contributed by atoms with van der Waals surface area (Å²) < 4.78 is 0. The second kappa shape index (κ2) is 6.27. The normalized spacial score (nSPS) is 17.4. The molecule has 0 bridgehead atoms. The molecule has 0 N–H and O–H groups in total. The van der Waals surface area contributed by atoms with Crippen LogP contribution in [0.1, 0.15) is 12.0 Å². The Hall–Kier alpha value is -0.730. The fraction of sp³-hybridized carbons (Fsp3) is 0.571. The van der Waals surface area contributed by atoms with E-state index in [1.165, 1.54) is 11.3 Å². The van der Waals surface area contributed by atoms with Crippen LogP contribution in [-0.2, 0) is 0 Å². The van der Waals surface area contributed by atoms with Crippen molar-refractivity contribution in [2.24, 2.45) is 0 Å². The number of hydrogen-bond acceptors (Lipinski definition) is 2. The van der Waals surface area contributed by atoms with E-state index < -0.39 is 0 Å². The van der Waals surface area contributed by atoms with E-state index in [1.54, 1.807) is 0 Å². The topological polar surface area (TPSA) is 6.48 Å². The molecule has 3 heteroatoms. The highest BCUT2D eigenvalue weighted by atomic mass is 35.5. The fourth-order valence-electron chi connectivity index (χ4n) is 2.27. The van der Waals surface area contributed by atoms with Crippen LogP contribution in [0, 0.1) is 6.92 Å². The van der Waals surface area contributed by atoms with Crippen molar-refractivity contribution in [1.82, 2.24) is 4.90 Å². The van der Waals surface area contributed by atoms with Crippen molar-refractivity contribution < 1.29 is 0 Å². The summed E-state index contributed by atoms with van der Waals surface area (Å²) in [7, 11) is 0. The summed E-state index contributed by atoms with van der Waals surface area (Å²) in [6.07, 6.45) is 1.10. The van der Waals surface area contributed by atoms with E-state index in [0.717, 1.165) is 45.0 Å². The summed E-state index contributed by atoms with van der Waals surface area (Å²) in [6, 6.07) is 8.83. The molecule has 17 heavy (non-hydrogen) atoms. The highest BCUT2D eigenvalue weighted by Crippen LogP contribution is 2.17. The van der Waals surface area contributed by atoms with E-state index in [0.29, 0.717) is 0 Å². The smallest absolute Gasteiger partial charge is 0.0367 e. The number of piperazine rings is 1. The SMILES string of the molecule is Cc1ccc(N2CCN(CCCCl)CC2)cc1. The molecular weight excluding hydrogens is 232 g/mol. The first-order valence-corrected chi connectivity index (χ1v) is 6.93. The first-order valence-electron chi connectivity index (χ1n) is 6.39. The molecule has 0 radical (unpaired) electrons. The maximum absolute atomic E-state index is 5.72. The van der Waals surface area contributed by atoms with Crippen molar-refractivity contribution in [3.05, 3.63) is 29.8 Å². The van der Waals surface area contributed by atoms with Gasteiger partial charge in [-0.3, -0.25) is 4.90 Å². The van der Waals surface area contributed by atoms with Gasteiger partial charge in [0.15, 0.2) is 0 Å². The van der Waals surface area contributed by atoms with Gasteiger partial charge in [0.1, 0.15) is 0 Å². The lowest BCUT2D eigenvalue weighted by Crippen LogP contribution is -2.46. The second-order valence-electron chi connectivity index (χ2n) is 4.71. The number of hydrogen-bond donors (Lipinski definition) is 0. The molecule has 1 fully saturated rings. The van der Waals surface area contributed by atoms with Crippen LogP contribution in [0.15, 0.2) is 24.3 Å². The van der Waals surface area contributed by atoms with Gasteiger partial charge in [-0.25, -0.2) is 0 Å². The minimum atomic E-state index is 0.776. The van der Waals surface area contributed by atoms with E-state index >= 15 is 0 Å². The molecule has 0 aromatic heterocycles. The first kappa shape index (κ1) is 12.7. The summed E-state index contributed by atoms with van der Waals surface area (Å²) in [6.45, 7) is 7.85. The van der Waals surface area contributed by atoms with E-state index in [4.69, 9.17) is 11.6 Å². The Morgan fingerprint density at radius 1 is 1.06 bits per heavy atom. The average Bonchev–Trinajstić information content (AvgIpc) is 2.38. The molecule has 2 rings (SSSR count). The quantitative estimate of drug-likeness (QED) is 0.761. The van der Waals surface area contributed by atoms with Crippen LogP contribution in [0.3, 0.4) is 0 Å². The maximum Gasteiger partial charge on any atom is 0.0367 e. The van der Waals surface area contributed by atoms with E-state index in [9.17, 15) is 0 Å². The van der Waals surface area contributed by atoms with E-state index in [2.05, 4.69) is 41.0 Å². The third kappa shape index (κ3) is 3.62. The van der Waals surface area contributed by atoms with Crippen LogP contribution in [0.4, 0.5) is 5.69 Å². The second-order valence-corrected chi connectivity index (χ2v) is 5.08. The molecule has 0 amide bonds. The Morgan fingerprint density at radius 3 is 2.29 bits per heavy atom. The van der Waals surface area contributed by atoms with Gasteiger partial charge in [0, 0.05) is 37.7 Å². The number of benzene rings is 1. The minimum absolute atomic E-state index is 0.776. The van der Waals surface area contributed by atoms with E-state index in [1.807, 2.05) is 0 Å². The molecule has 94 valence electrons. The van der Waals surface area contributed by atoms with Gasteiger partial charge in [-0.2, -0.15) is 0 Å². The summed E-state index contributed by atoms with van der Waals surface area (Å²) in [4.78, 5) is 4.98. The molecule has 0 aliphatic carbocycles. The molecule has 1 heterocycles. The van der Waals surface area contributed by atoms with Gasteiger partial charge in [0.05, 0.1) is 0 Å². The van der Waals surface area contributed by atoms with Crippen LogP contribution in [0.25, 0.3) is 0 Å². The lowest BCUT2D eigenvalue weighted by atomic mass is 10.2. The molecule has 0 spiro atoms. The van der Waals surface area contributed by atoms with Crippen molar-refractivity contribution in [2.45, 2.75) is 13.3 Å². The Labute approximate surface area is 109 Å². The number of nitrogens with zero attached hydrogens (tertiary/aromatic N) is 2. The molecule has 1 aromatic rings. The predicted octanol–water partition coefficient (Wildman–Crippen LogP) is 2.75. The zero-order chi connectivity index (χ0) is 12.1. The third-order valence-electron chi connectivity index (χ3n) is 3.38. The summed E-state index contributed by atoms with van der Waals surface area (Å²) >= 11 is 5.72. The number of anilines is 1. The Morgan fingerprint density at radius 2 is 1.71 bits per heavy atom. The van der Waals surface area contributed by atoms with Crippen molar-refractivity contribution in [3.8, 4) is 0 Å². The van der Waals surface area contributed by atoms with Crippen LogP contribution < -0.4 is 4.90 Å². The summed E-state index contributed by atoms with van der Waals surface area (Å²) in [5, 5.41) is 0. The summed E-state index contributed by atoms with van der Waals surface area (Å²) in [5.41, 5.74) is 2.68. The van der Waals surface area contributed by atoms with Crippen molar-refractivity contribution in [1.29, 1.82) is 0 Å². The van der Waals surface area contributed by atoms with Gasteiger partial charge in [-0.05, 0) is 32.0 Å². The van der Waals surface area contributed by atoms with Crippen LogP contribution >= 0.6 is 11.6 Å². The molecule has 0 saturated carbocycles. The highest BCUT2D eigenvalue weighted by molar-refractivity contribution is 6.17. The van der Waals surface area contributed by atoms with Gasteiger partial charge < -0.3 is 4.90 Å². The van der Waals surface area contributed by atoms with Crippen molar-refractivity contribution in [3.63, 3.8) is 0 Å². The zero-order valence-electron chi connectivity index (χ0n) is 10.5. The van der Waals surface area contributed by atoms with E-state index in [-0.39, 0.29) is 0 Å². The monoisotopic (exact) mass is 252 g/mol. The van der Waals surface area contributed by atoms with Gasteiger partial charge in [0.2, 0.25) is 0 Å². The highest BCUT2D eigenvalue weighted by Gasteiger charge is 2.16. The van der Waals surface area contributed by atoms with Crippen molar-refractivity contribution in [2.75, 3.05) is 43.5 Å². The fourth-order valence-corrected chi connectivity index (χ4v) is 2.39. The maximum atomic E-state index is 5.72. The molecule has 0 unspecified atom stereocenters. The average molecular weight is 253 g/mol. The van der Waals surface area contributed by atoms with Gasteiger partial charge >= 0.3 is 0 Å². The number of alkyl halides is 1. The van der Waals surface area contributed by atoms with Crippen LogP contribution in [0.2, 0.25) is 0 Å². The van der Waals surface area contributed by atoms with Crippen LogP contribution in [0.5, 0.6) is 0 Å². The molecular formula is C14H21ClN2. The van der Waals surface area contributed by atoms with Gasteiger partial charge in [-0.1, -0.05) is 17.7 Å². The lowest BCUT2D eigenvalue weighted by molar-refractivity contribution is 0.259. The minimum Gasteiger partial charge on any atom is -0.369 e. The molecule has 1 aliphatic heterocycles. The van der Waals surface area contributed by atoms with Gasteiger partial charge in [0.25, 0.3) is 0 Å². The largest absolute Gasteiger partial charge is 0.369 e. The summed E-state index contributed by atoms with van der Waals surface area (Å²) in [5.74, 6) is 0.776. The Kier molecular flexibility index (Phi) is 4.69. The number of halogens is 1. The zero-order valence-corrected chi connectivity index (χ0v) is 11.3. The Balaban J connectivity index is 1.84. The van der Waals surface area contributed by atoms with Gasteiger partial charge in [-0.15, -0.1) is 11.6 Å². The Bertz CT molecular complexity index is 329. The molecule has 2 nitrogen and oxygen atoms in total. The molecule has 1 aliphatic rings. The standard InChI is InChI=1S/C14H21ClN2/c1-13-3-5-14(6-4-13)17-11-9-16(10-12-17)8-2-7-15/h3-6H,2,7-12H2,1H3. The molecule has 0 atom stereocenters. The molecule has 1 saturated heterocycles. The van der Waals surface area contributed by atoms with Crippen LogP contribution in [-0.4, -0.2) is 43.5 Å². The predicted molar refractivity (Wildman–Crippen MR) is 75.2 cm³/mol.